The predicted octanol–water partition coefficient (Wildman–Crippen LogP) is 3.57. The molecule has 1 aromatic heterocycles. The summed E-state index contributed by atoms with van der Waals surface area (Å²) in [5.41, 5.74) is 4.01. The van der Waals surface area contributed by atoms with Crippen molar-refractivity contribution in [3.05, 3.63) is 59.4 Å². The van der Waals surface area contributed by atoms with Crippen LogP contribution in [0.4, 0.5) is 5.69 Å². The van der Waals surface area contributed by atoms with Gasteiger partial charge >= 0.3 is 0 Å². The van der Waals surface area contributed by atoms with Crippen LogP contribution in [0.2, 0.25) is 0 Å². The highest BCUT2D eigenvalue weighted by Gasteiger charge is 2.36. The van der Waals surface area contributed by atoms with Crippen molar-refractivity contribution in [2.75, 3.05) is 11.4 Å². The predicted molar refractivity (Wildman–Crippen MR) is 106 cm³/mol. The number of rotatable bonds is 6. The van der Waals surface area contributed by atoms with Gasteiger partial charge in [0.2, 0.25) is 11.8 Å². The van der Waals surface area contributed by atoms with Crippen molar-refractivity contribution in [3.8, 4) is 0 Å². The molecule has 1 fully saturated rings. The van der Waals surface area contributed by atoms with E-state index < -0.39 is 0 Å². The molecule has 0 saturated carbocycles. The molecule has 3 rings (SSSR count). The van der Waals surface area contributed by atoms with Gasteiger partial charge in [-0.2, -0.15) is 0 Å². The molecule has 2 amide bonds. The van der Waals surface area contributed by atoms with Crippen LogP contribution in [-0.2, 0) is 16.1 Å². The van der Waals surface area contributed by atoms with Gasteiger partial charge in [-0.15, -0.1) is 0 Å². The normalized spacial score (nSPS) is 17.8. The van der Waals surface area contributed by atoms with Gasteiger partial charge in [0.05, 0.1) is 5.92 Å². The van der Waals surface area contributed by atoms with Crippen LogP contribution in [0.25, 0.3) is 0 Å². The largest absolute Gasteiger partial charge is 0.352 e. The molecule has 1 aromatic carbocycles. The summed E-state index contributed by atoms with van der Waals surface area (Å²) >= 11 is 0. The summed E-state index contributed by atoms with van der Waals surface area (Å²) in [5, 5.41) is 2.94. The van der Waals surface area contributed by atoms with E-state index in [2.05, 4.69) is 30.2 Å². The van der Waals surface area contributed by atoms with Crippen molar-refractivity contribution in [2.45, 2.75) is 46.1 Å². The van der Waals surface area contributed by atoms with Crippen LogP contribution in [0, 0.1) is 12.8 Å². The summed E-state index contributed by atoms with van der Waals surface area (Å²) in [5.74, 6) is -0.00726. The van der Waals surface area contributed by atoms with Gasteiger partial charge in [-0.3, -0.25) is 14.6 Å². The minimum absolute atomic E-state index is 0.0166. The zero-order chi connectivity index (χ0) is 19.4. The molecule has 2 atom stereocenters. The van der Waals surface area contributed by atoms with Crippen LogP contribution >= 0.6 is 0 Å². The van der Waals surface area contributed by atoms with E-state index in [0.29, 0.717) is 19.0 Å². The zero-order valence-electron chi connectivity index (χ0n) is 16.2. The summed E-state index contributed by atoms with van der Waals surface area (Å²) in [7, 11) is 0. The van der Waals surface area contributed by atoms with E-state index in [1.165, 1.54) is 5.56 Å². The van der Waals surface area contributed by atoms with Crippen molar-refractivity contribution < 1.29 is 9.59 Å². The highest BCUT2D eigenvalue weighted by atomic mass is 16.2. The fraction of sp³-hybridized carbons (Fsp3) is 0.409. The minimum Gasteiger partial charge on any atom is -0.352 e. The second-order valence-electron chi connectivity index (χ2n) is 7.30. The van der Waals surface area contributed by atoms with Gasteiger partial charge in [0.15, 0.2) is 0 Å². The summed E-state index contributed by atoms with van der Waals surface area (Å²) in [6.07, 6.45) is 3.03. The number of nitrogens with zero attached hydrogens (tertiary/aromatic N) is 2. The number of aromatic nitrogens is 1. The molecule has 0 aliphatic carbocycles. The Balaban J connectivity index is 1.67. The van der Waals surface area contributed by atoms with E-state index in [1.807, 2.05) is 37.3 Å². The van der Waals surface area contributed by atoms with E-state index >= 15 is 0 Å². The number of amides is 2. The smallest absolute Gasteiger partial charge is 0.227 e. The van der Waals surface area contributed by atoms with Crippen LogP contribution in [0.3, 0.4) is 0 Å². The standard InChI is InChI=1S/C22H27N3O2/c1-4-15(2)19-7-5-6-8-20(19)25-14-18(11-21(25)26)22(27)24-13-17-10-9-16(3)23-12-17/h5-10,12,15,18H,4,11,13-14H2,1-3H3,(H,24,27)/t15-,18-/m0/s1. The maximum Gasteiger partial charge on any atom is 0.227 e. The first-order valence-electron chi connectivity index (χ1n) is 9.58. The number of hydrogen-bond acceptors (Lipinski definition) is 3. The molecule has 5 heteroatoms. The summed E-state index contributed by atoms with van der Waals surface area (Å²) in [6, 6.07) is 11.9. The lowest BCUT2D eigenvalue weighted by Crippen LogP contribution is -2.33. The molecular formula is C22H27N3O2. The van der Waals surface area contributed by atoms with E-state index in [9.17, 15) is 9.59 Å². The molecule has 1 aliphatic heterocycles. The zero-order valence-corrected chi connectivity index (χ0v) is 16.2. The summed E-state index contributed by atoms with van der Waals surface area (Å²) in [6.45, 7) is 7.10. The number of carbonyl (C=O) groups excluding carboxylic acids is 2. The third kappa shape index (κ3) is 4.35. The molecule has 27 heavy (non-hydrogen) atoms. The molecule has 0 spiro atoms. The molecule has 142 valence electrons. The summed E-state index contributed by atoms with van der Waals surface area (Å²) in [4.78, 5) is 31.2. The number of carbonyl (C=O) groups is 2. The molecule has 2 aromatic rings. The third-order valence-electron chi connectivity index (χ3n) is 5.31. The highest BCUT2D eigenvalue weighted by molar-refractivity contribution is 6.00. The lowest BCUT2D eigenvalue weighted by Gasteiger charge is -2.23. The molecule has 0 unspecified atom stereocenters. The molecular weight excluding hydrogens is 338 g/mol. The molecule has 0 radical (unpaired) electrons. The first-order chi connectivity index (χ1) is 13.0. The van der Waals surface area contributed by atoms with Gasteiger partial charge in [0.1, 0.15) is 0 Å². The Morgan fingerprint density at radius 1 is 1.30 bits per heavy atom. The Kier molecular flexibility index (Phi) is 5.89. The van der Waals surface area contributed by atoms with Gasteiger partial charge < -0.3 is 10.2 Å². The van der Waals surface area contributed by atoms with Crippen molar-refractivity contribution in [2.24, 2.45) is 5.92 Å². The SMILES string of the molecule is CC[C@H](C)c1ccccc1N1C[C@@H](C(=O)NCc2ccc(C)nc2)CC1=O. The molecule has 0 bridgehead atoms. The van der Waals surface area contributed by atoms with Crippen molar-refractivity contribution in [1.82, 2.24) is 10.3 Å². The second-order valence-corrected chi connectivity index (χ2v) is 7.30. The molecule has 1 N–H and O–H groups in total. The fourth-order valence-electron chi connectivity index (χ4n) is 3.42. The van der Waals surface area contributed by atoms with E-state index in [1.54, 1.807) is 11.1 Å². The Morgan fingerprint density at radius 3 is 2.78 bits per heavy atom. The maximum absolute atomic E-state index is 12.6. The van der Waals surface area contributed by atoms with E-state index in [0.717, 1.165) is 23.4 Å². The van der Waals surface area contributed by atoms with Crippen LogP contribution in [0.1, 0.15) is 49.4 Å². The fourth-order valence-corrected chi connectivity index (χ4v) is 3.42. The van der Waals surface area contributed by atoms with Crippen LogP contribution in [-0.4, -0.2) is 23.3 Å². The van der Waals surface area contributed by atoms with Crippen LogP contribution in [0.5, 0.6) is 0 Å². The topological polar surface area (TPSA) is 62.3 Å². The third-order valence-corrected chi connectivity index (χ3v) is 5.31. The van der Waals surface area contributed by atoms with Gasteiger partial charge in [0.25, 0.3) is 0 Å². The van der Waals surface area contributed by atoms with Gasteiger partial charge in [-0.05, 0) is 42.5 Å². The first kappa shape index (κ1) is 19.1. The average Bonchev–Trinajstić information content (AvgIpc) is 3.08. The summed E-state index contributed by atoms with van der Waals surface area (Å²) < 4.78 is 0. The van der Waals surface area contributed by atoms with E-state index in [4.69, 9.17) is 0 Å². The van der Waals surface area contributed by atoms with Crippen molar-refractivity contribution in [3.63, 3.8) is 0 Å². The Hall–Kier alpha value is -2.69. The molecule has 5 nitrogen and oxygen atoms in total. The number of aryl methyl sites for hydroxylation is 1. The first-order valence-corrected chi connectivity index (χ1v) is 9.58. The Labute approximate surface area is 160 Å². The van der Waals surface area contributed by atoms with E-state index in [-0.39, 0.29) is 24.2 Å². The number of nitrogens with one attached hydrogen (secondary N) is 1. The lowest BCUT2D eigenvalue weighted by molar-refractivity contribution is -0.126. The average molecular weight is 365 g/mol. The number of para-hydroxylation sites is 1. The van der Waals surface area contributed by atoms with Crippen molar-refractivity contribution in [1.29, 1.82) is 0 Å². The molecule has 2 heterocycles. The Morgan fingerprint density at radius 2 is 2.07 bits per heavy atom. The second kappa shape index (κ2) is 8.33. The number of anilines is 1. The number of hydrogen-bond donors (Lipinski definition) is 1. The minimum atomic E-state index is -0.319. The van der Waals surface area contributed by atoms with Crippen molar-refractivity contribution >= 4 is 17.5 Å². The van der Waals surface area contributed by atoms with Crippen LogP contribution in [0.15, 0.2) is 42.6 Å². The monoisotopic (exact) mass is 365 g/mol. The van der Waals surface area contributed by atoms with Crippen LogP contribution < -0.4 is 10.2 Å². The van der Waals surface area contributed by atoms with Gasteiger partial charge in [-0.1, -0.05) is 38.1 Å². The lowest BCUT2D eigenvalue weighted by atomic mass is 9.96. The number of benzene rings is 1. The Bertz CT molecular complexity index is 817. The molecule has 1 saturated heterocycles. The quantitative estimate of drug-likeness (QED) is 0.851. The highest BCUT2D eigenvalue weighted by Crippen LogP contribution is 2.33. The number of pyridine rings is 1. The maximum atomic E-state index is 12.6. The van der Waals surface area contributed by atoms with Gasteiger partial charge in [-0.25, -0.2) is 0 Å². The molecule has 1 aliphatic rings. The van der Waals surface area contributed by atoms with Gasteiger partial charge in [0, 0.05) is 37.1 Å².